The predicted molar refractivity (Wildman–Crippen MR) is 71.8 cm³/mol. The first-order valence-electron chi connectivity index (χ1n) is 6.65. The average molecular weight is 258 g/mol. The molecular formula is C14H18N4O. The van der Waals surface area contributed by atoms with E-state index in [-0.39, 0.29) is 5.91 Å². The molecular weight excluding hydrogens is 240 g/mol. The van der Waals surface area contributed by atoms with E-state index >= 15 is 0 Å². The fourth-order valence-corrected chi connectivity index (χ4v) is 2.68. The molecule has 0 aromatic carbocycles. The highest BCUT2D eigenvalue weighted by atomic mass is 16.2. The molecule has 1 amide bonds. The number of amides is 1. The Kier molecular flexibility index (Phi) is 3.11. The van der Waals surface area contributed by atoms with Crippen LogP contribution in [0.2, 0.25) is 0 Å². The smallest absolute Gasteiger partial charge is 0.270 e. The maximum Gasteiger partial charge on any atom is 0.270 e. The lowest BCUT2D eigenvalue weighted by molar-refractivity contribution is 0.0680. The lowest BCUT2D eigenvalue weighted by atomic mass is 10.1. The van der Waals surface area contributed by atoms with Crippen molar-refractivity contribution in [2.45, 2.75) is 18.9 Å². The highest BCUT2D eigenvalue weighted by molar-refractivity contribution is 5.92. The summed E-state index contributed by atoms with van der Waals surface area (Å²) in [5.74, 6) is 0.131. The first-order valence-corrected chi connectivity index (χ1v) is 6.65. The molecule has 2 aromatic rings. The molecule has 0 atom stereocenters. The zero-order valence-corrected chi connectivity index (χ0v) is 11.1. The Labute approximate surface area is 112 Å². The third-order valence-corrected chi connectivity index (χ3v) is 3.81. The zero-order valence-electron chi connectivity index (χ0n) is 11.1. The summed E-state index contributed by atoms with van der Waals surface area (Å²) in [7, 11) is 1.91. The number of nitrogens with zero attached hydrogens (tertiary/aromatic N) is 4. The molecule has 3 rings (SSSR count). The van der Waals surface area contributed by atoms with Gasteiger partial charge in [0.1, 0.15) is 5.69 Å². The minimum absolute atomic E-state index is 0.131. The Balaban J connectivity index is 1.64. The van der Waals surface area contributed by atoms with E-state index in [1.807, 2.05) is 58.0 Å². The summed E-state index contributed by atoms with van der Waals surface area (Å²) >= 11 is 0. The molecule has 0 spiro atoms. The maximum atomic E-state index is 12.4. The van der Waals surface area contributed by atoms with Crippen LogP contribution >= 0.6 is 0 Å². The third kappa shape index (κ3) is 2.28. The second-order valence-electron chi connectivity index (χ2n) is 5.01. The van der Waals surface area contributed by atoms with E-state index in [0.29, 0.717) is 6.04 Å². The number of carbonyl (C=O) groups is 1. The summed E-state index contributed by atoms with van der Waals surface area (Å²) in [6.45, 7) is 1.60. The summed E-state index contributed by atoms with van der Waals surface area (Å²) in [4.78, 5) is 14.3. The Hall–Kier alpha value is -2.04. The number of aryl methyl sites for hydroxylation is 1. The van der Waals surface area contributed by atoms with Gasteiger partial charge >= 0.3 is 0 Å². The van der Waals surface area contributed by atoms with Gasteiger partial charge in [0.25, 0.3) is 5.91 Å². The second-order valence-corrected chi connectivity index (χ2v) is 5.01. The topological polar surface area (TPSA) is 43.1 Å². The molecule has 1 saturated heterocycles. The lowest BCUT2D eigenvalue weighted by Gasteiger charge is -2.32. The summed E-state index contributed by atoms with van der Waals surface area (Å²) in [6.07, 6.45) is 7.65. The van der Waals surface area contributed by atoms with Crippen LogP contribution in [0, 0.1) is 0 Å². The number of likely N-dealkylation sites (tertiary alicyclic amines) is 1. The van der Waals surface area contributed by atoms with E-state index in [9.17, 15) is 4.79 Å². The molecule has 1 aliphatic rings. The third-order valence-electron chi connectivity index (χ3n) is 3.81. The van der Waals surface area contributed by atoms with Crippen molar-refractivity contribution >= 4 is 5.91 Å². The van der Waals surface area contributed by atoms with Gasteiger partial charge in [-0.15, -0.1) is 0 Å². The van der Waals surface area contributed by atoms with Crippen LogP contribution in [0.3, 0.4) is 0 Å². The molecule has 0 aliphatic carbocycles. The van der Waals surface area contributed by atoms with Gasteiger partial charge in [0.05, 0.1) is 6.04 Å². The summed E-state index contributed by atoms with van der Waals surface area (Å²) < 4.78 is 3.88. The van der Waals surface area contributed by atoms with E-state index in [1.54, 1.807) is 0 Å². The fourth-order valence-electron chi connectivity index (χ4n) is 2.68. The molecule has 100 valence electrons. The Morgan fingerprint density at radius 3 is 2.63 bits per heavy atom. The van der Waals surface area contributed by atoms with Gasteiger partial charge in [-0.05, 0) is 31.0 Å². The minimum Gasteiger partial charge on any atom is -0.347 e. The molecule has 19 heavy (non-hydrogen) atoms. The van der Waals surface area contributed by atoms with Gasteiger partial charge in [-0.3, -0.25) is 9.48 Å². The molecule has 1 aliphatic heterocycles. The summed E-state index contributed by atoms with van der Waals surface area (Å²) in [5.41, 5.74) is 0.762. The molecule has 0 N–H and O–H groups in total. The first kappa shape index (κ1) is 12.0. The molecule has 0 radical (unpaired) electrons. The highest BCUT2D eigenvalue weighted by Gasteiger charge is 2.25. The van der Waals surface area contributed by atoms with Gasteiger partial charge in [-0.1, -0.05) is 0 Å². The van der Waals surface area contributed by atoms with Crippen LogP contribution in [-0.2, 0) is 7.05 Å². The van der Waals surface area contributed by atoms with E-state index in [2.05, 4.69) is 5.10 Å². The molecule has 1 fully saturated rings. The van der Waals surface area contributed by atoms with Crippen LogP contribution in [0.5, 0.6) is 0 Å². The molecule has 0 bridgehead atoms. The van der Waals surface area contributed by atoms with Crippen molar-refractivity contribution < 1.29 is 4.79 Å². The van der Waals surface area contributed by atoms with Gasteiger partial charge in [-0.2, -0.15) is 5.10 Å². The van der Waals surface area contributed by atoms with Crippen molar-refractivity contribution in [1.82, 2.24) is 19.2 Å². The van der Waals surface area contributed by atoms with Gasteiger partial charge < -0.3 is 9.47 Å². The van der Waals surface area contributed by atoms with Crippen molar-refractivity contribution in [3.8, 4) is 0 Å². The van der Waals surface area contributed by atoms with Crippen molar-refractivity contribution in [2.24, 2.45) is 7.05 Å². The van der Waals surface area contributed by atoms with Gasteiger partial charge in [0.15, 0.2) is 0 Å². The number of aromatic nitrogens is 3. The molecule has 0 saturated carbocycles. The molecule has 0 unspecified atom stereocenters. The Bertz CT molecular complexity index is 550. The van der Waals surface area contributed by atoms with Crippen LogP contribution in [0.4, 0.5) is 0 Å². The normalized spacial score (nSPS) is 16.8. The van der Waals surface area contributed by atoms with Crippen LogP contribution in [0.15, 0.2) is 36.8 Å². The lowest BCUT2D eigenvalue weighted by Crippen LogP contribution is -2.39. The van der Waals surface area contributed by atoms with Gasteiger partial charge in [-0.25, -0.2) is 0 Å². The van der Waals surface area contributed by atoms with Crippen LogP contribution in [0.25, 0.3) is 0 Å². The summed E-state index contributed by atoms with van der Waals surface area (Å²) in [6, 6.07) is 6.15. The standard InChI is InChI=1S/C14H18N4O/c1-16-8-2-4-13(16)14(19)17-10-5-12(6-11-17)18-9-3-7-15-18/h2-4,7-9,12H,5-6,10-11H2,1H3. The number of carbonyl (C=O) groups excluding carboxylic acids is 1. The largest absolute Gasteiger partial charge is 0.347 e. The molecule has 3 heterocycles. The monoisotopic (exact) mass is 258 g/mol. The molecule has 2 aromatic heterocycles. The zero-order chi connectivity index (χ0) is 13.2. The SMILES string of the molecule is Cn1cccc1C(=O)N1CCC(n2cccn2)CC1. The van der Waals surface area contributed by atoms with Crippen molar-refractivity contribution in [2.75, 3.05) is 13.1 Å². The van der Waals surface area contributed by atoms with Crippen LogP contribution < -0.4 is 0 Å². The van der Waals surface area contributed by atoms with Gasteiger partial charge in [0, 0.05) is 38.7 Å². The predicted octanol–water partition coefficient (Wildman–Crippen LogP) is 1.70. The maximum absolute atomic E-state index is 12.4. The van der Waals surface area contributed by atoms with E-state index in [0.717, 1.165) is 31.6 Å². The second kappa shape index (κ2) is 4.91. The van der Waals surface area contributed by atoms with E-state index in [4.69, 9.17) is 0 Å². The fraction of sp³-hybridized carbons (Fsp3) is 0.429. The number of piperidine rings is 1. The number of hydrogen-bond acceptors (Lipinski definition) is 2. The first-order chi connectivity index (χ1) is 9.25. The summed E-state index contributed by atoms with van der Waals surface area (Å²) in [5, 5.41) is 4.28. The highest BCUT2D eigenvalue weighted by Crippen LogP contribution is 2.22. The van der Waals surface area contributed by atoms with E-state index in [1.165, 1.54) is 0 Å². The van der Waals surface area contributed by atoms with Crippen molar-refractivity contribution in [1.29, 1.82) is 0 Å². The molecule has 5 heteroatoms. The van der Waals surface area contributed by atoms with Crippen LogP contribution in [0.1, 0.15) is 29.4 Å². The minimum atomic E-state index is 0.131. The number of rotatable bonds is 2. The number of hydrogen-bond donors (Lipinski definition) is 0. The van der Waals surface area contributed by atoms with Crippen molar-refractivity contribution in [3.63, 3.8) is 0 Å². The Morgan fingerprint density at radius 1 is 1.26 bits per heavy atom. The van der Waals surface area contributed by atoms with Crippen LogP contribution in [-0.4, -0.2) is 38.2 Å². The van der Waals surface area contributed by atoms with Gasteiger partial charge in [0.2, 0.25) is 0 Å². The van der Waals surface area contributed by atoms with Crippen molar-refractivity contribution in [3.05, 3.63) is 42.5 Å². The molecule has 5 nitrogen and oxygen atoms in total. The Morgan fingerprint density at radius 2 is 2.05 bits per heavy atom. The van der Waals surface area contributed by atoms with E-state index < -0.39 is 0 Å². The average Bonchev–Trinajstić information content (AvgIpc) is 3.09. The quantitative estimate of drug-likeness (QED) is 0.823.